The average molecular weight is 379 g/mol. The number of halogens is 1. The first kappa shape index (κ1) is 18.3. The lowest BCUT2D eigenvalue weighted by Gasteiger charge is -2.27. The number of nitrogens with one attached hydrogen (secondary N) is 1. The minimum atomic E-state index is -3.76. The van der Waals surface area contributed by atoms with Gasteiger partial charge in [-0.3, -0.25) is 4.79 Å². The Morgan fingerprint density at radius 1 is 1.23 bits per heavy atom. The molecule has 0 aliphatic carbocycles. The first-order chi connectivity index (χ1) is 12.4. The molecule has 0 aromatic heterocycles. The van der Waals surface area contributed by atoms with E-state index < -0.39 is 21.8 Å². The number of hydrogen-bond acceptors (Lipinski definition) is 4. The van der Waals surface area contributed by atoms with E-state index >= 15 is 0 Å². The minimum Gasteiger partial charge on any atom is -0.493 e. The van der Waals surface area contributed by atoms with Crippen LogP contribution in [-0.2, 0) is 21.2 Å². The Labute approximate surface area is 150 Å². The molecular weight excluding hydrogens is 361 g/mol. The topological polar surface area (TPSA) is 92.7 Å². The average Bonchev–Trinajstić information content (AvgIpc) is 2.60. The summed E-state index contributed by atoms with van der Waals surface area (Å²) in [5.41, 5.74) is 1.36. The van der Waals surface area contributed by atoms with Crippen molar-refractivity contribution in [3.8, 4) is 5.75 Å². The third kappa shape index (κ3) is 4.03. The van der Waals surface area contributed by atoms with Crippen molar-refractivity contribution in [3.05, 3.63) is 59.4 Å². The summed E-state index contributed by atoms with van der Waals surface area (Å²) in [5, 5.41) is 9.02. The maximum atomic E-state index is 13.0. The van der Waals surface area contributed by atoms with Crippen LogP contribution >= 0.6 is 0 Å². The van der Waals surface area contributed by atoms with Gasteiger partial charge in [0.25, 0.3) is 0 Å². The zero-order valence-electron chi connectivity index (χ0n) is 13.8. The molecule has 1 aliphatic heterocycles. The van der Waals surface area contributed by atoms with E-state index in [2.05, 4.69) is 4.72 Å². The van der Waals surface area contributed by atoms with Crippen molar-refractivity contribution in [3.63, 3.8) is 0 Å². The fourth-order valence-electron chi connectivity index (χ4n) is 2.98. The molecule has 3 rings (SSSR count). The largest absolute Gasteiger partial charge is 0.493 e. The highest BCUT2D eigenvalue weighted by Gasteiger charge is 2.26. The molecule has 1 atom stereocenters. The van der Waals surface area contributed by atoms with Crippen LogP contribution in [-0.4, -0.2) is 32.6 Å². The second-order valence-corrected chi connectivity index (χ2v) is 7.81. The normalized spacial score (nSPS) is 16.6. The van der Waals surface area contributed by atoms with E-state index in [1.807, 2.05) is 6.07 Å². The summed E-state index contributed by atoms with van der Waals surface area (Å²) in [4.78, 5) is 11.0. The second-order valence-electron chi connectivity index (χ2n) is 6.05. The van der Waals surface area contributed by atoms with Crippen molar-refractivity contribution in [1.29, 1.82) is 0 Å². The zero-order valence-corrected chi connectivity index (χ0v) is 14.6. The van der Waals surface area contributed by atoms with Crippen LogP contribution in [0, 0.1) is 5.82 Å². The first-order valence-electron chi connectivity index (χ1n) is 8.08. The summed E-state index contributed by atoms with van der Waals surface area (Å²) < 4.78 is 45.9. The Hall–Kier alpha value is -2.45. The lowest BCUT2D eigenvalue weighted by Crippen LogP contribution is -2.31. The molecule has 0 saturated carbocycles. The van der Waals surface area contributed by atoms with Gasteiger partial charge in [-0.1, -0.05) is 18.2 Å². The number of carboxylic acids is 1. The van der Waals surface area contributed by atoms with Crippen molar-refractivity contribution in [2.75, 3.05) is 13.2 Å². The lowest BCUT2D eigenvalue weighted by atomic mass is 9.91. The van der Waals surface area contributed by atoms with E-state index in [0.717, 1.165) is 17.7 Å². The van der Waals surface area contributed by atoms with Crippen LogP contribution in [0.4, 0.5) is 4.39 Å². The van der Waals surface area contributed by atoms with Crippen LogP contribution in [0.3, 0.4) is 0 Å². The predicted molar refractivity (Wildman–Crippen MR) is 92.2 cm³/mol. The quantitative estimate of drug-likeness (QED) is 0.803. The summed E-state index contributed by atoms with van der Waals surface area (Å²) >= 11 is 0. The maximum Gasteiger partial charge on any atom is 0.307 e. The standard InChI is InChI=1S/C18H18FNO5S/c19-14-4-6-15(7-5-14)26(23,24)20-11-13-8-9-25-18-12(10-17(21)22)2-1-3-16(13)18/h1-7,13,20H,8-11H2,(H,21,22). The predicted octanol–water partition coefficient (Wildman–Crippen LogP) is 2.30. The lowest BCUT2D eigenvalue weighted by molar-refractivity contribution is -0.136. The van der Waals surface area contributed by atoms with Gasteiger partial charge in [0, 0.05) is 18.0 Å². The van der Waals surface area contributed by atoms with Gasteiger partial charge in [-0.2, -0.15) is 0 Å². The van der Waals surface area contributed by atoms with E-state index in [4.69, 9.17) is 9.84 Å². The van der Waals surface area contributed by atoms with Crippen LogP contribution in [0.2, 0.25) is 0 Å². The van der Waals surface area contributed by atoms with Crippen molar-refractivity contribution in [2.45, 2.75) is 23.7 Å². The molecule has 0 radical (unpaired) electrons. The fraction of sp³-hybridized carbons (Fsp3) is 0.278. The molecule has 0 amide bonds. The smallest absolute Gasteiger partial charge is 0.307 e. The van der Waals surface area contributed by atoms with Gasteiger partial charge >= 0.3 is 5.97 Å². The fourth-order valence-corrected chi connectivity index (χ4v) is 4.06. The second kappa shape index (κ2) is 7.43. The number of benzene rings is 2. The van der Waals surface area contributed by atoms with Crippen LogP contribution in [0.5, 0.6) is 5.75 Å². The Balaban J connectivity index is 1.78. The Kier molecular flexibility index (Phi) is 5.24. The Bertz CT molecular complexity index is 912. The van der Waals surface area contributed by atoms with E-state index in [9.17, 15) is 17.6 Å². The van der Waals surface area contributed by atoms with Gasteiger partial charge in [0.05, 0.1) is 17.9 Å². The first-order valence-corrected chi connectivity index (χ1v) is 9.57. The van der Waals surface area contributed by atoms with Gasteiger partial charge in [0.15, 0.2) is 0 Å². The molecule has 2 N–H and O–H groups in total. The van der Waals surface area contributed by atoms with Crippen molar-refractivity contribution in [2.24, 2.45) is 0 Å². The van der Waals surface area contributed by atoms with Crippen LogP contribution in [0.1, 0.15) is 23.5 Å². The zero-order chi connectivity index (χ0) is 18.7. The minimum absolute atomic E-state index is 0.00851. The monoisotopic (exact) mass is 379 g/mol. The highest BCUT2D eigenvalue weighted by Crippen LogP contribution is 2.36. The molecule has 1 heterocycles. The molecule has 26 heavy (non-hydrogen) atoms. The molecule has 0 bridgehead atoms. The molecule has 1 aliphatic rings. The summed E-state index contributed by atoms with van der Waals surface area (Å²) in [6.45, 7) is 0.527. The van der Waals surface area contributed by atoms with Crippen LogP contribution in [0.15, 0.2) is 47.4 Å². The highest BCUT2D eigenvalue weighted by molar-refractivity contribution is 7.89. The van der Waals surface area contributed by atoms with E-state index in [1.54, 1.807) is 12.1 Å². The number of carbonyl (C=O) groups is 1. The number of carboxylic acid groups (broad SMARTS) is 1. The molecule has 0 fully saturated rings. The van der Waals surface area contributed by atoms with Crippen molar-refractivity contribution < 1.29 is 27.4 Å². The SMILES string of the molecule is O=C(O)Cc1cccc2c1OCCC2CNS(=O)(=O)c1ccc(F)cc1. The van der Waals surface area contributed by atoms with E-state index in [0.29, 0.717) is 24.3 Å². The number of aliphatic carboxylic acids is 1. The third-order valence-corrected chi connectivity index (χ3v) is 5.70. The number of ether oxygens (including phenoxy) is 1. The van der Waals surface area contributed by atoms with Crippen molar-refractivity contribution >= 4 is 16.0 Å². The number of fused-ring (bicyclic) bond motifs is 1. The molecule has 6 nitrogen and oxygen atoms in total. The Morgan fingerprint density at radius 3 is 2.65 bits per heavy atom. The number of sulfonamides is 1. The van der Waals surface area contributed by atoms with Gasteiger partial charge in [-0.05, 0) is 36.2 Å². The number of rotatable bonds is 6. The van der Waals surface area contributed by atoms with E-state index in [1.165, 1.54) is 12.1 Å². The maximum absolute atomic E-state index is 13.0. The third-order valence-electron chi connectivity index (χ3n) is 4.26. The summed E-state index contributed by atoms with van der Waals surface area (Å²) in [7, 11) is -3.76. The van der Waals surface area contributed by atoms with Gasteiger partial charge in [0.2, 0.25) is 10.0 Å². The number of para-hydroxylation sites is 1. The summed E-state index contributed by atoms with van der Waals surface area (Å²) in [6, 6.07) is 9.86. The van der Waals surface area contributed by atoms with Gasteiger partial charge < -0.3 is 9.84 Å². The van der Waals surface area contributed by atoms with Gasteiger partial charge in [-0.15, -0.1) is 0 Å². The summed E-state index contributed by atoms with van der Waals surface area (Å²) in [5.74, 6) is -1.08. The molecule has 1 unspecified atom stereocenters. The number of hydrogen-bond donors (Lipinski definition) is 2. The molecule has 0 saturated heterocycles. The molecule has 2 aromatic carbocycles. The molecule has 8 heteroatoms. The van der Waals surface area contributed by atoms with Crippen molar-refractivity contribution in [1.82, 2.24) is 4.72 Å². The summed E-state index contributed by atoms with van der Waals surface area (Å²) in [6.07, 6.45) is 0.451. The molecule has 2 aromatic rings. The molecule has 138 valence electrons. The molecule has 0 spiro atoms. The van der Waals surface area contributed by atoms with Crippen LogP contribution in [0.25, 0.3) is 0 Å². The molecular formula is C18H18FNO5S. The van der Waals surface area contributed by atoms with E-state index in [-0.39, 0.29) is 23.8 Å². The van der Waals surface area contributed by atoms with Crippen LogP contribution < -0.4 is 9.46 Å². The van der Waals surface area contributed by atoms with Gasteiger partial charge in [-0.25, -0.2) is 17.5 Å². The van der Waals surface area contributed by atoms with Gasteiger partial charge in [0.1, 0.15) is 11.6 Å². The Morgan fingerprint density at radius 2 is 1.96 bits per heavy atom. The highest BCUT2D eigenvalue weighted by atomic mass is 32.2.